The molecule has 0 bridgehead atoms. The van der Waals surface area contributed by atoms with E-state index in [9.17, 15) is 22.8 Å². The van der Waals surface area contributed by atoms with E-state index in [1.807, 2.05) is 6.07 Å². The molecule has 12 heteroatoms. The Hall–Kier alpha value is -3.57. The molecule has 1 saturated heterocycles. The molecule has 0 aromatic carbocycles. The molecule has 2 N–H and O–H groups in total. The van der Waals surface area contributed by atoms with Crippen molar-refractivity contribution in [3.63, 3.8) is 0 Å². The second kappa shape index (κ2) is 8.75. The number of aryl methyl sites for hydroxylation is 1. The van der Waals surface area contributed by atoms with Gasteiger partial charge in [0.1, 0.15) is 17.0 Å². The van der Waals surface area contributed by atoms with Gasteiger partial charge in [-0.25, -0.2) is 14.8 Å². The summed E-state index contributed by atoms with van der Waals surface area (Å²) in [6.07, 6.45) is 1.69. The Labute approximate surface area is 187 Å². The van der Waals surface area contributed by atoms with E-state index in [-0.39, 0.29) is 6.04 Å². The maximum Gasteiger partial charge on any atom is 0.417 e. The van der Waals surface area contributed by atoms with E-state index in [1.165, 1.54) is 11.9 Å². The number of aromatic amines is 1. The number of carbonyl (C=O) groups excluding carboxylic acids is 1. The average Bonchev–Trinajstić information content (AvgIpc) is 3.10. The lowest BCUT2D eigenvalue weighted by molar-refractivity contribution is -0.138. The van der Waals surface area contributed by atoms with Gasteiger partial charge in [-0.1, -0.05) is 0 Å². The Balaban J connectivity index is 1.44. The number of hydrogen-bond acceptors (Lipinski definition) is 5. The molecule has 0 aliphatic carbocycles. The first kappa shape index (κ1) is 22.6. The largest absolute Gasteiger partial charge is 0.417 e. The SMILES string of the molecule is CN(C(=O)Nc1cc(C(F)(F)F)cn(C)c1=O)[C@@H]1CCCN(c2cnc3[nH]ccc3n2)CC1. The van der Waals surface area contributed by atoms with E-state index in [4.69, 9.17) is 0 Å². The maximum atomic E-state index is 13.1. The molecular weight excluding hydrogens is 439 g/mol. The van der Waals surface area contributed by atoms with Crippen molar-refractivity contribution < 1.29 is 18.0 Å². The lowest BCUT2D eigenvalue weighted by Crippen LogP contribution is -2.41. The predicted molar refractivity (Wildman–Crippen MR) is 117 cm³/mol. The summed E-state index contributed by atoms with van der Waals surface area (Å²) in [6, 6.07) is 1.74. The number of carbonyl (C=O) groups is 1. The van der Waals surface area contributed by atoms with Crippen molar-refractivity contribution in [2.45, 2.75) is 31.5 Å². The number of aromatic nitrogens is 4. The minimum absolute atomic E-state index is 0.145. The third kappa shape index (κ3) is 4.78. The molecule has 1 aliphatic heterocycles. The van der Waals surface area contributed by atoms with E-state index in [2.05, 4.69) is 25.2 Å². The van der Waals surface area contributed by atoms with Crippen LogP contribution in [0.2, 0.25) is 0 Å². The highest BCUT2D eigenvalue weighted by atomic mass is 19.4. The highest BCUT2D eigenvalue weighted by Gasteiger charge is 2.32. The number of urea groups is 1. The van der Waals surface area contributed by atoms with Gasteiger partial charge in [0.05, 0.1) is 11.8 Å². The van der Waals surface area contributed by atoms with E-state index < -0.39 is 29.0 Å². The van der Waals surface area contributed by atoms with Crippen molar-refractivity contribution in [2.75, 3.05) is 30.4 Å². The molecule has 33 heavy (non-hydrogen) atoms. The number of nitrogens with zero attached hydrogens (tertiary/aromatic N) is 5. The van der Waals surface area contributed by atoms with Crippen LogP contribution in [0.25, 0.3) is 11.2 Å². The first-order chi connectivity index (χ1) is 15.6. The van der Waals surface area contributed by atoms with Crippen LogP contribution in [0.1, 0.15) is 24.8 Å². The van der Waals surface area contributed by atoms with Crippen molar-refractivity contribution >= 4 is 28.7 Å². The fourth-order valence-corrected chi connectivity index (χ4v) is 3.99. The Kier molecular flexibility index (Phi) is 6.00. The second-order valence-electron chi connectivity index (χ2n) is 8.11. The molecule has 1 fully saturated rings. The molecule has 9 nitrogen and oxygen atoms in total. The Morgan fingerprint density at radius 3 is 2.85 bits per heavy atom. The number of hydrogen-bond donors (Lipinski definition) is 2. The van der Waals surface area contributed by atoms with Gasteiger partial charge in [0, 0.05) is 45.6 Å². The molecule has 1 atom stereocenters. The van der Waals surface area contributed by atoms with Gasteiger partial charge in [-0.2, -0.15) is 13.2 Å². The topological polar surface area (TPSA) is 99.1 Å². The van der Waals surface area contributed by atoms with Crippen LogP contribution in [-0.4, -0.2) is 56.6 Å². The van der Waals surface area contributed by atoms with E-state index in [1.54, 1.807) is 19.4 Å². The molecule has 3 aromatic rings. The maximum absolute atomic E-state index is 13.1. The number of H-pyrrole nitrogens is 1. The highest BCUT2D eigenvalue weighted by molar-refractivity contribution is 5.89. The zero-order valence-corrected chi connectivity index (χ0v) is 18.2. The van der Waals surface area contributed by atoms with Crippen LogP contribution in [0, 0.1) is 0 Å². The smallest absolute Gasteiger partial charge is 0.355 e. The molecule has 2 amide bonds. The molecule has 4 heterocycles. The molecule has 1 aliphatic rings. The normalized spacial score (nSPS) is 17.1. The van der Waals surface area contributed by atoms with Crippen LogP contribution in [0.5, 0.6) is 0 Å². The van der Waals surface area contributed by atoms with Gasteiger partial charge in [-0.05, 0) is 31.4 Å². The van der Waals surface area contributed by atoms with Crippen molar-refractivity contribution in [1.29, 1.82) is 0 Å². The number of amides is 2. The zero-order chi connectivity index (χ0) is 23.8. The highest BCUT2D eigenvalue weighted by Crippen LogP contribution is 2.29. The van der Waals surface area contributed by atoms with Gasteiger partial charge in [-0.15, -0.1) is 0 Å². The summed E-state index contributed by atoms with van der Waals surface area (Å²) in [6.45, 7) is 1.38. The number of nitrogens with one attached hydrogen (secondary N) is 2. The molecule has 4 rings (SSSR count). The number of fused-ring (bicyclic) bond motifs is 1. The number of halogens is 3. The van der Waals surface area contributed by atoms with Crippen molar-refractivity contribution in [1.82, 2.24) is 24.4 Å². The molecule has 3 aromatic heterocycles. The van der Waals surface area contributed by atoms with E-state index in [0.29, 0.717) is 37.3 Å². The first-order valence-electron chi connectivity index (χ1n) is 10.5. The van der Waals surface area contributed by atoms with Gasteiger partial charge in [0.25, 0.3) is 5.56 Å². The van der Waals surface area contributed by atoms with Gasteiger partial charge in [0.2, 0.25) is 0 Å². The number of rotatable bonds is 3. The van der Waals surface area contributed by atoms with Crippen LogP contribution in [-0.2, 0) is 13.2 Å². The number of pyridine rings is 1. The van der Waals surface area contributed by atoms with Crippen LogP contribution in [0.4, 0.5) is 29.5 Å². The van der Waals surface area contributed by atoms with Crippen LogP contribution >= 0.6 is 0 Å². The number of alkyl halides is 3. The minimum Gasteiger partial charge on any atom is -0.355 e. The molecule has 0 saturated carbocycles. The standard InChI is InChI=1S/C21H24F3N7O2/c1-29-12-13(21(22,23)24)10-16(19(29)32)28-20(33)30(2)14-4-3-8-31(9-6-14)17-11-26-18-15(27-17)5-7-25-18/h5,7,10-12,14H,3-4,6,8-9H2,1-2H3,(H,25,26)(H,28,33)/t14-/m1/s1. The second-order valence-corrected chi connectivity index (χ2v) is 8.11. The summed E-state index contributed by atoms with van der Waals surface area (Å²) < 4.78 is 40.1. The number of anilines is 2. The lowest BCUT2D eigenvalue weighted by atomic mass is 10.1. The van der Waals surface area contributed by atoms with Gasteiger partial charge in [0.15, 0.2) is 5.65 Å². The van der Waals surface area contributed by atoms with Crippen molar-refractivity contribution in [2.24, 2.45) is 7.05 Å². The lowest BCUT2D eigenvalue weighted by Gasteiger charge is -2.27. The Morgan fingerprint density at radius 2 is 2.09 bits per heavy atom. The third-order valence-corrected chi connectivity index (χ3v) is 5.89. The summed E-state index contributed by atoms with van der Waals surface area (Å²) in [5.74, 6) is 0.752. The Morgan fingerprint density at radius 1 is 1.30 bits per heavy atom. The summed E-state index contributed by atoms with van der Waals surface area (Å²) >= 11 is 0. The van der Waals surface area contributed by atoms with Crippen LogP contribution in [0.3, 0.4) is 0 Å². The summed E-state index contributed by atoms with van der Waals surface area (Å²) in [5, 5.41) is 2.36. The summed E-state index contributed by atoms with van der Waals surface area (Å²) in [4.78, 5) is 40.6. The van der Waals surface area contributed by atoms with Crippen molar-refractivity contribution in [3.8, 4) is 0 Å². The van der Waals surface area contributed by atoms with Crippen LogP contribution in [0.15, 0.2) is 35.5 Å². The molecule has 0 spiro atoms. The Bertz CT molecular complexity index is 1220. The zero-order valence-electron chi connectivity index (χ0n) is 18.2. The van der Waals surface area contributed by atoms with Crippen LogP contribution < -0.4 is 15.8 Å². The molecule has 0 radical (unpaired) electrons. The first-order valence-corrected chi connectivity index (χ1v) is 10.5. The quantitative estimate of drug-likeness (QED) is 0.622. The molecule has 176 valence electrons. The monoisotopic (exact) mass is 463 g/mol. The fraction of sp³-hybridized carbons (Fsp3) is 0.429. The van der Waals surface area contributed by atoms with Crippen molar-refractivity contribution in [3.05, 3.63) is 46.6 Å². The van der Waals surface area contributed by atoms with Gasteiger partial charge < -0.3 is 24.7 Å². The van der Waals surface area contributed by atoms with E-state index in [0.717, 1.165) is 28.9 Å². The minimum atomic E-state index is -4.63. The van der Waals surface area contributed by atoms with E-state index >= 15 is 0 Å². The fourth-order valence-electron chi connectivity index (χ4n) is 3.99. The van der Waals surface area contributed by atoms with Gasteiger partial charge >= 0.3 is 12.2 Å². The average molecular weight is 463 g/mol. The molecular formula is C21H24F3N7O2. The molecule has 0 unspecified atom stereocenters. The predicted octanol–water partition coefficient (Wildman–Crippen LogP) is 3.20. The summed E-state index contributed by atoms with van der Waals surface area (Å²) in [7, 11) is 2.80. The van der Waals surface area contributed by atoms with Gasteiger partial charge in [-0.3, -0.25) is 4.79 Å². The summed E-state index contributed by atoms with van der Waals surface area (Å²) in [5.41, 5.74) is -0.644. The third-order valence-electron chi connectivity index (χ3n) is 5.89.